The molecule has 2 rings (SSSR count). The van der Waals surface area contributed by atoms with E-state index in [1.54, 1.807) is 12.3 Å². The lowest BCUT2D eigenvalue weighted by Gasteiger charge is -2.31. The van der Waals surface area contributed by atoms with Crippen LogP contribution in [0.4, 0.5) is 0 Å². The third-order valence-corrected chi connectivity index (χ3v) is 4.39. The van der Waals surface area contributed by atoms with Crippen LogP contribution in [0.2, 0.25) is 5.02 Å². The summed E-state index contributed by atoms with van der Waals surface area (Å²) in [5.41, 5.74) is 0. The Bertz CT molecular complexity index is 521. The van der Waals surface area contributed by atoms with Gasteiger partial charge in [0.1, 0.15) is 16.9 Å². The zero-order valence-electron chi connectivity index (χ0n) is 10.0. The molecular weight excluding hydrogens is 276 g/mol. The highest BCUT2D eigenvalue weighted by molar-refractivity contribution is 7.88. The number of pyridine rings is 1. The topological polar surface area (TPSA) is 59.5 Å². The van der Waals surface area contributed by atoms with Crippen molar-refractivity contribution in [3.05, 3.63) is 23.5 Å². The van der Waals surface area contributed by atoms with Crippen LogP contribution in [0.15, 0.2) is 18.5 Å². The second-order valence-corrected chi connectivity index (χ2v) is 6.70. The third-order valence-electron chi connectivity index (χ3n) is 2.84. The number of hydrogen-bond acceptors (Lipinski definition) is 4. The molecule has 0 saturated carbocycles. The second-order valence-electron chi connectivity index (χ2n) is 4.31. The van der Waals surface area contributed by atoms with Crippen molar-refractivity contribution >= 4 is 21.6 Å². The molecule has 0 N–H and O–H groups in total. The van der Waals surface area contributed by atoms with Crippen molar-refractivity contribution in [3.8, 4) is 5.75 Å². The first-order valence-corrected chi connectivity index (χ1v) is 7.91. The largest absolute Gasteiger partial charge is 0.487 e. The standard InChI is InChI=1S/C11H15ClN2O3S/c1-18(15,16)14-6-2-3-9(8-14)17-11-4-5-13-7-10(11)12/h4-5,7,9H,2-3,6,8H2,1H3. The van der Waals surface area contributed by atoms with Crippen LogP contribution in [0.5, 0.6) is 5.75 Å². The van der Waals surface area contributed by atoms with Gasteiger partial charge in [0, 0.05) is 25.0 Å². The number of piperidine rings is 1. The molecule has 1 aliphatic rings. The monoisotopic (exact) mass is 290 g/mol. The molecule has 0 spiro atoms. The Balaban J connectivity index is 2.05. The Hall–Kier alpha value is -0.850. The van der Waals surface area contributed by atoms with E-state index >= 15 is 0 Å². The number of rotatable bonds is 3. The quantitative estimate of drug-likeness (QED) is 0.847. The summed E-state index contributed by atoms with van der Waals surface area (Å²) < 4.78 is 30.1. The second kappa shape index (κ2) is 5.42. The molecule has 18 heavy (non-hydrogen) atoms. The summed E-state index contributed by atoms with van der Waals surface area (Å²) >= 11 is 5.95. The summed E-state index contributed by atoms with van der Waals surface area (Å²) in [5.74, 6) is 0.548. The minimum absolute atomic E-state index is 0.159. The Morgan fingerprint density at radius 2 is 2.33 bits per heavy atom. The first kappa shape index (κ1) is 13.6. The average molecular weight is 291 g/mol. The number of halogens is 1. The van der Waals surface area contributed by atoms with Crippen LogP contribution in [-0.2, 0) is 10.0 Å². The average Bonchev–Trinajstić information content (AvgIpc) is 2.31. The van der Waals surface area contributed by atoms with Crippen molar-refractivity contribution < 1.29 is 13.2 Å². The summed E-state index contributed by atoms with van der Waals surface area (Å²) in [6.45, 7) is 0.931. The Labute approximate surface area is 112 Å². The van der Waals surface area contributed by atoms with E-state index in [2.05, 4.69) is 4.98 Å². The number of nitrogens with zero attached hydrogens (tertiary/aromatic N) is 2. The van der Waals surface area contributed by atoms with Crippen LogP contribution >= 0.6 is 11.6 Å². The highest BCUT2D eigenvalue weighted by Gasteiger charge is 2.27. The van der Waals surface area contributed by atoms with Crippen LogP contribution in [0.25, 0.3) is 0 Å². The van der Waals surface area contributed by atoms with E-state index in [0.29, 0.717) is 23.9 Å². The minimum atomic E-state index is -3.15. The lowest BCUT2D eigenvalue weighted by molar-refractivity contribution is 0.130. The fourth-order valence-electron chi connectivity index (χ4n) is 1.94. The first-order valence-electron chi connectivity index (χ1n) is 5.68. The van der Waals surface area contributed by atoms with E-state index in [-0.39, 0.29) is 6.10 Å². The van der Waals surface area contributed by atoms with Gasteiger partial charge in [-0.05, 0) is 12.8 Å². The van der Waals surface area contributed by atoms with Gasteiger partial charge in [-0.25, -0.2) is 8.42 Å². The van der Waals surface area contributed by atoms with Crippen molar-refractivity contribution in [3.63, 3.8) is 0 Å². The van der Waals surface area contributed by atoms with E-state index in [0.717, 1.165) is 12.8 Å². The molecule has 1 aromatic heterocycles. The molecular formula is C11H15ClN2O3S. The van der Waals surface area contributed by atoms with E-state index in [9.17, 15) is 8.42 Å². The molecule has 0 amide bonds. The first-order chi connectivity index (χ1) is 8.47. The predicted molar refractivity (Wildman–Crippen MR) is 69.3 cm³/mol. The maximum Gasteiger partial charge on any atom is 0.211 e. The number of ether oxygens (including phenoxy) is 1. The summed E-state index contributed by atoms with van der Waals surface area (Å²) in [5, 5.41) is 0.439. The molecule has 0 radical (unpaired) electrons. The molecule has 1 atom stereocenters. The SMILES string of the molecule is CS(=O)(=O)N1CCCC(Oc2ccncc2Cl)C1. The van der Waals surface area contributed by atoms with Crippen LogP contribution in [0, 0.1) is 0 Å². The zero-order chi connectivity index (χ0) is 13.2. The third kappa shape index (κ3) is 3.34. The predicted octanol–water partition coefficient (Wildman–Crippen LogP) is 1.54. The van der Waals surface area contributed by atoms with Crippen molar-refractivity contribution in [2.45, 2.75) is 18.9 Å². The minimum Gasteiger partial charge on any atom is -0.487 e. The molecule has 5 nitrogen and oxygen atoms in total. The molecule has 1 aromatic rings. The lowest BCUT2D eigenvalue weighted by Crippen LogP contribution is -2.43. The molecule has 2 heterocycles. The summed E-state index contributed by atoms with van der Waals surface area (Å²) in [7, 11) is -3.15. The van der Waals surface area contributed by atoms with E-state index in [1.807, 2.05) is 0 Å². The van der Waals surface area contributed by atoms with Crippen molar-refractivity contribution in [2.24, 2.45) is 0 Å². The van der Waals surface area contributed by atoms with Crippen molar-refractivity contribution in [1.82, 2.24) is 9.29 Å². The normalized spacial score (nSPS) is 21.8. The van der Waals surface area contributed by atoms with Gasteiger partial charge in [-0.2, -0.15) is 4.31 Å². The summed E-state index contributed by atoms with van der Waals surface area (Å²) in [6.07, 6.45) is 5.78. The van der Waals surface area contributed by atoms with E-state index in [1.165, 1.54) is 16.8 Å². The van der Waals surface area contributed by atoms with Gasteiger partial charge >= 0.3 is 0 Å². The summed E-state index contributed by atoms with van der Waals surface area (Å²) in [6, 6.07) is 1.68. The van der Waals surface area contributed by atoms with Crippen LogP contribution in [0.1, 0.15) is 12.8 Å². The fraction of sp³-hybridized carbons (Fsp3) is 0.545. The molecule has 1 saturated heterocycles. The van der Waals surface area contributed by atoms with Crippen LogP contribution in [-0.4, -0.2) is 43.2 Å². The van der Waals surface area contributed by atoms with Gasteiger partial charge in [0.25, 0.3) is 0 Å². The smallest absolute Gasteiger partial charge is 0.211 e. The molecule has 7 heteroatoms. The van der Waals surface area contributed by atoms with E-state index in [4.69, 9.17) is 16.3 Å². The molecule has 1 aliphatic heterocycles. The Morgan fingerprint density at radius 3 is 3.00 bits per heavy atom. The Kier molecular flexibility index (Phi) is 4.09. The van der Waals surface area contributed by atoms with Gasteiger partial charge in [0.2, 0.25) is 10.0 Å². The van der Waals surface area contributed by atoms with Crippen LogP contribution in [0.3, 0.4) is 0 Å². The lowest BCUT2D eigenvalue weighted by atomic mass is 10.1. The Morgan fingerprint density at radius 1 is 1.56 bits per heavy atom. The maximum absolute atomic E-state index is 11.5. The van der Waals surface area contributed by atoms with Crippen LogP contribution < -0.4 is 4.74 Å². The number of aromatic nitrogens is 1. The van der Waals surface area contributed by atoms with Gasteiger partial charge in [-0.15, -0.1) is 0 Å². The zero-order valence-corrected chi connectivity index (χ0v) is 11.6. The maximum atomic E-state index is 11.5. The number of hydrogen-bond donors (Lipinski definition) is 0. The molecule has 0 bridgehead atoms. The van der Waals surface area contributed by atoms with Gasteiger partial charge in [0.05, 0.1) is 12.8 Å². The van der Waals surface area contributed by atoms with E-state index < -0.39 is 10.0 Å². The highest BCUT2D eigenvalue weighted by atomic mass is 35.5. The van der Waals surface area contributed by atoms with Gasteiger partial charge < -0.3 is 4.74 Å². The van der Waals surface area contributed by atoms with Gasteiger partial charge in [-0.3, -0.25) is 4.98 Å². The molecule has 0 aromatic carbocycles. The van der Waals surface area contributed by atoms with Gasteiger partial charge in [-0.1, -0.05) is 11.6 Å². The molecule has 100 valence electrons. The van der Waals surface area contributed by atoms with Crippen molar-refractivity contribution in [1.29, 1.82) is 0 Å². The molecule has 0 aliphatic carbocycles. The van der Waals surface area contributed by atoms with Gasteiger partial charge in [0.15, 0.2) is 0 Å². The fourth-order valence-corrected chi connectivity index (χ4v) is 3.00. The number of sulfonamides is 1. The molecule has 1 fully saturated rings. The highest BCUT2D eigenvalue weighted by Crippen LogP contribution is 2.25. The van der Waals surface area contributed by atoms with Crippen molar-refractivity contribution in [2.75, 3.05) is 19.3 Å². The summed E-state index contributed by atoms with van der Waals surface area (Å²) in [4.78, 5) is 3.87. The molecule has 1 unspecified atom stereocenters.